The highest BCUT2D eigenvalue weighted by molar-refractivity contribution is 5.77. The number of fused-ring (bicyclic) bond motifs is 1. The smallest absolute Gasteiger partial charge is 0.264 e. The highest BCUT2D eigenvalue weighted by atomic mass is 16.2. The lowest BCUT2D eigenvalue weighted by atomic mass is 10.3. The summed E-state index contributed by atoms with van der Waals surface area (Å²) in [6, 6.07) is 9.48. The first-order valence-electron chi connectivity index (χ1n) is 7.96. The number of hydrogen-bond acceptors (Lipinski definition) is 4. The number of para-hydroxylation sites is 1. The van der Waals surface area contributed by atoms with Gasteiger partial charge in [0.25, 0.3) is 5.56 Å². The van der Waals surface area contributed by atoms with E-state index in [4.69, 9.17) is 0 Å². The van der Waals surface area contributed by atoms with Crippen molar-refractivity contribution in [2.75, 3.05) is 6.54 Å². The number of carbonyl (C=O) groups is 1. The molecule has 0 fully saturated rings. The minimum atomic E-state index is -0.271. The second-order valence-corrected chi connectivity index (χ2v) is 5.51. The lowest BCUT2D eigenvalue weighted by Gasteiger charge is -2.07. The van der Waals surface area contributed by atoms with Gasteiger partial charge in [0.1, 0.15) is 18.3 Å². The first-order chi connectivity index (χ1) is 11.7. The molecule has 0 bridgehead atoms. The first-order valence-corrected chi connectivity index (χ1v) is 7.96. The van der Waals surface area contributed by atoms with Crippen LogP contribution in [0, 0.1) is 0 Å². The van der Waals surface area contributed by atoms with E-state index in [0.29, 0.717) is 17.6 Å². The van der Waals surface area contributed by atoms with Gasteiger partial charge in [-0.2, -0.15) is 5.10 Å². The van der Waals surface area contributed by atoms with Gasteiger partial charge in [0, 0.05) is 6.54 Å². The summed E-state index contributed by atoms with van der Waals surface area (Å²) >= 11 is 0. The highest BCUT2D eigenvalue weighted by Crippen LogP contribution is 2.12. The van der Waals surface area contributed by atoms with Crippen LogP contribution in [0.3, 0.4) is 0 Å². The lowest BCUT2D eigenvalue weighted by molar-refractivity contribution is -0.121. The third-order valence-corrected chi connectivity index (χ3v) is 3.72. The van der Waals surface area contributed by atoms with E-state index in [9.17, 15) is 9.59 Å². The molecule has 24 heavy (non-hydrogen) atoms. The number of hydrogen-bond donors (Lipinski definition) is 1. The van der Waals surface area contributed by atoms with Crippen LogP contribution in [0.15, 0.2) is 47.7 Å². The standard InChI is InChI=1S/C17H19N5O2/c1-2-3-9-18-15(23)11-21-12-19-16-14(17(21)24)10-20-22(16)13-7-5-4-6-8-13/h4-8,10,12H,2-3,9,11H2,1H3,(H,18,23). The lowest BCUT2D eigenvalue weighted by Crippen LogP contribution is -2.32. The van der Waals surface area contributed by atoms with Crippen molar-refractivity contribution >= 4 is 16.9 Å². The predicted octanol–water partition coefficient (Wildman–Crippen LogP) is 1.50. The van der Waals surface area contributed by atoms with Crippen molar-refractivity contribution in [3.63, 3.8) is 0 Å². The minimum absolute atomic E-state index is 0.0397. The molecular weight excluding hydrogens is 306 g/mol. The van der Waals surface area contributed by atoms with Gasteiger partial charge in [-0.05, 0) is 18.6 Å². The number of aromatic nitrogens is 4. The second kappa shape index (κ2) is 7.08. The number of benzene rings is 1. The van der Waals surface area contributed by atoms with Crippen LogP contribution < -0.4 is 10.9 Å². The van der Waals surface area contributed by atoms with Crippen LogP contribution in [0.2, 0.25) is 0 Å². The summed E-state index contributed by atoms with van der Waals surface area (Å²) < 4.78 is 2.92. The largest absolute Gasteiger partial charge is 0.355 e. The molecule has 3 aromatic rings. The van der Waals surface area contributed by atoms with Crippen molar-refractivity contribution in [3.8, 4) is 5.69 Å². The molecule has 0 aliphatic carbocycles. The van der Waals surface area contributed by atoms with Gasteiger partial charge in [0.15, 0.2) is 5.65 Å². The molecule has 2 heterocycles. The zero-order valence-corrected chi connectivity index (χ0v) is 13.5. The first kappa shape index (κ1) is 15.9. The van der Waals surface area contributed by atoms with Crippen molar-refractivity contribution in [1.29, 1.82) is 0 Å². The van der Waals surface area contributed by atoms with Crippen molar-refractivity contribution in [2.24, 2.45) is 0 Å². The van der Waals surface area contributed by atoms with Gasteiger partial charge in [0.05, 0.1) is 11.9 Å². The Labute approximate surface area is 138 Å². The summed E-state index contributed by atoms with van der Waals surface area (Å²) in [7, 11) is 0. The van der Waals surface area contributed by atoms with Gasteiger partial charge in [-0.3, -0.25) is 14.2 Å². The zero-order chi connectivity index (χ0) is 16.9. The molecule has 0 unspecified atom stereocenters. The fourth-order valence-electron chi connectivity index (χ4n) is 2.43. The Hall–Kier alpha value is -2.96. The summed E-state index contributed by atoms with van der Waals surface area (Å²) in [5.41, 5.74) is 1.04. The van der Waals surface area contributed by atoms with E-state index in [1.807, 2.05) is 30.3 Å². The molecule has 1 amide bonds. The molecule has 0 radical (unpaired) electrons. The van der Waals surface area contributed by atoms with Crippen LogP contribution >= 0.6 is 0 Å². The molecule has 0 spiro atoms. The highest BCUT2D eigenvalue weighted by Gasteiger charge is 2.12. The quantitative estimate of drug-likeness (QED) is 0.696. The molecule has 1 aromatic carbocycles. The molecule has 2 aromatic heterocycles. The third kappa shape index (κ3) is 3.19. The molecule has 0 aliphatic rings. The fourth-order valence-corrected chi connectivity index (χ4v) is 2.43. The van der Waals surface area contributed by atoms with Crippen molar-refractivity contribution < 1.29 is 4.79 Å². The Bertz CT molecular complexity index is 898. The van der Waals surface area contributed by atoms with E-state index in [1.165, 1.54) is 17.1 Å². The Morgan fingerprint density at radius 2 is 2.04 bits per heavy atom. The molecule has 7 nitrogen and oxygen atoms in total. The maximum absolute atomic E-state index is 12.5. The van der Waals surface area contributed by atoms with E-state index in [0.717, 1.165) is 18.5 Å². The second-order valence-electron chi connectivity index (χ2n) is 5.51. The molecule has 7 heteroatoms. The molecule has 0 atom stereocenters. The molecule has 0 aliphatic heterocycles. The van der Waals surface area contributed by atoms with Crippen LogP contribution in [0.1, 0.15) is 19.8 Å². The average Bonchev–Trinajstić information content (AvgIpc) is 3.03. The number of unbranched alkanes of at least 4 members (excludes halogenated alkanes) is 1. The number of nitrogens with zero attached hydrogens (tertiary/aromatic N) is 4. The topological polar surface area (TPSA) is 81.8 Å². The van der Waals surface area contributed by atoms with Gasteiger partial charge < -0.3 is 5.32 Å². The maximum Gasteiger partial charge on any atom is 0.264 e. The van der Waals surface area contributed by atoms with E-state index in [-0.39, 0.29) is 18.0 Å². The van der Waals surface area contributed by atoms with Crippen molar-refractivity contribution in [2.45, 2.75) is 26.3 Å². The Morgan fingerprint density at radius 1 is 1.25 bits per heavy atom. The van der Waals surface area contributed by atoms with Crippen LogP contribution in [-0.2, 0) is 11.3 Å². The van der Waals surface area contributed by atoms with Gasteiger partial charge in [-0.15, -0.1) is 0 Å². The van der Waals surface area contributed by atoms with Crippen molar-refractivity contribution in [1.82, 2.24) is 24.6 Å². The molecule has 3 rings (SSSR count). The van der Waals surface area contributed by atoms with Gasteiger partial charge >= 0.3 is 0 Å². The summed E-state index contributed by atoms with van der Waals surface area (Å²) in [5, 5.41) is 7.43. The summed E-state index contributed by atoms with van der Waals surface area (Å²) in [6.07, 6.45) is 4.81. The number of amides is 1. The fraction of sp³-hybridized carbons (Fsp3) is 0.294. The minimum Gasteiger partial charge on any atom is -0.355 e. The number of nitrogens with one attached hydrogen (secondary N) is 1. The number of carbonyl (C=O) groups excluding carboxylic acids is 1. The summed E-state index contributed by atoms with van der Waals surface area (Å²) in [6.45, 7) is 2.63. The molecule has 124 valence electrons. The molecule has 1 N–H and O–H groups in total. The van der Waals surface area contributed by atoms with Crippen LogP contribution in [0.4, 0.5) is 0 Å². The number of rotatable bonds is 6. The summed E-state index contributed by atoms with van der Waals surface area (Å²) in [5.74, 6) is -0.192. The Morgan fingerprint density at radius 3 is 2.79 bits per heavy atom. The van der Waals surface area contributed by atoms with Gasteiger partial charge in [-0.1, -0.05) is 31.5 Å². The monoisotopic (exact) mass is 325 g/mol. The zero-order valence-electron chi connectivity index (χ0n) is 13.5. The van der Waals surface area contributed by atoms with Gasteiger partial charge in [0.2, 0.25) is 5.91 Å². The van der Waals surface area contributed by atoms with Gasteiger partial charge in [-0.25, -0.2) is 9.67 Å². The average molecular weight is 325 g/mol. The Balaban J connectivity index is 1.87. The van der Waals surface area contributed by atoms with Crippen LogP contribution in [0.5, 0.6) is 0 Å². The normalized spacial score (nSPS) is 10.9. The molecule has 0 saturated heterocycles. The van der Waals surface area contributed by atoms with E-state index < -0.39 is 0 Å². The van der Waals surface area contributed by atoms with E-state index in [1.54, 1.807) is 4.68 Å². The Kier molecular flexibility index (Phi) is 4.69. The SMILES string of the molecule is CCCCNC(=O)Cn1cnc2c(cnn2-c2ccccc2)c1=O. The predicted molar refractivity (Wildman–Crippen MR) is 91.0 cm³/mol. The van der Waals surface area contributed by atoms with Crippen LogP contribution in [-0.4, -0.2) is 31.8 Å². The van der Waals surface area contributed by atoms with Crippen LogP contribution in [0.25, 0.3) is 16.7 Å². The summed E-state index contributed by atoms with van der Waals surface area (Å²) in [4.78, 5) is 28.7. The van der Waals surface area contributed by atoms with Crippen molar-refractivity contribution in [3.05, 3.63) is 53.2 Å². The van der Waals surface area contributed by atoms with E-state index >= 15 is 0 Å². The molecule has 0 saturated carbocycles. The molecular formula is C17H19N5O2. The third-order valence-electron chi connectivity index (χ3n) is 3.72. The van der Waals surface area contributed by atoms with E-state index in [2.05, 4.69) is 22.3 Å². The maximum atomic E-state index is 12.5.